The normalized spacial score (nSPS) is 16.7. The van der Waals surface area contributed by atoms with E-state index in [-0.39, 0.29) is 31.3 Å². The molecule has 2 aliphatic rings. The Kier molecular flexibility index (Phi) is 8.23. The zero-order chi connectivity index (χ0) is 23.0. The van der Waals surface area contributed by atoms with Crippen LogP contribution in [-0.4, -0.2) is 54.2 Å². The molecule has 0 spiro atoms. The molecule has 8 heteroatoms. The number of thiophene rings is 1. The molecule has 2 aliphatic heterocycles. The summed E-state index contributed by atoms with van der Waals surface area (Å²) in [5.74, 6) is 1.38. The predicted molar refractivity (Wildman–Crippen MR) is 126 cm³/mol. The first kappa shape index (κ1) is 23.6. The Bertz CT molecular complexity index is 927. The summed E-state index contributed by atoms with van der Waals surface area (Å²) >= 11 is 1.62. The summed E-state index contributed by atoms with van der Waals surface area (Å²) in [6, 6.07) is 9.78. The van der Waals surface area contributed by atoms with Crippen LogP contribution < -0.4 is 9.47 Å². The highest BCUT2D eigenvalue weighted by molar-refractivity contribution is 7.09. The van der Waals surface area contributed by atoms with E-state index in [1.54, 1.807) is 16.2 Å². The first-order valence-corrected chi connectivity index (χ1v) is 12.6. The van der Waals surface area contributed by atoms with Crippen molar-refractivity contribution in [2.45, 2.75) is 58.2 Å². The van der Waals surface area contributed by atoms with Crippen LogP contribution in [0, 0.1) is 0 Å². The average molecular weight is 473 g/mol. The van der Waals surface area contributed by atoms with E-state index in [1.165, 1.54) is 0 Å². The van der Waals surface area contributed by atoms with Crippen LogP contribution in [0.4, 0.5) is 0 Å². The monoisotopic (exact) mass is 472 g/mol. The largest absolute Gasteiger partial charge is 0.454 e. The van der Waals surface area contributed by atoms with Crippen molar-refractivity contribution in [3.05, 3.63) is 46.2 Å². The van der Waals surface area contributed by atoms with Crippen molar-refractivity contribution in [2.75, 3.05) is 26.5 Å². The van der Waals surface area contributed by atoms with Gasteiger partial charge in [-0.3, -0.25) is 9.59 Å². The molecule has 1 atom stereocenters. The lowest BCUT2D eigenvalue weighted by molar-refractivity contribution is -0.142. The molecule has 0 saturated carbocycles. The minimum Gasteiger partial charge on any atom is -0.454 e. The SMILES string of the molecule is CCCCC(=O)N(CC(=O)N(Cc1ccc2c(c1)OCO2)Cc1cccs1)CC1CCCO1. The van der Waals surface area contributed by atoms with Gasteiger partial charge in [0.1, 0.15) is 0 Å². The van der Waals surface area contributed by atoms with Gasteiger partial charge < -0.3 is 24.0 Å². The first-order valence-electron chi connectivity index (χ1n) is 11.7. The second-order valence-electron chi connectivity index (χ2n) is 8.53. The third-order valence-corrected chi connectivity index (χ3v) is 6.82. The third-order valence-electron chi connectivity index (χ3n) is 5.96. The van der Waals surface area contributed by atoms with Crippen molar-refractivity contribution in [3.8, 4) is 11.5 Å². The van der Waals surface area contributed by atoms with E-state index in [0.29, 0.717) is 31.8 Å². The molecule has 0 radical (unpaired) electrons. The molecule has 1 saturated heterocycles. The van der Waals surface area contributed by atoms with Crippen molar-refractivity contribution in [3.63, 3.8) is 0 Å². The van der Waals surface area contributed by atoms with Crippen LogP contribution in [0.1, 0.15) is 49.5 Å². The van der Waals surface area contributed by atoms with Crippen molar-refractivity contribution in [1.29, 1.82) is 0 Å². The summed E-state index contributed by atoms with van der Waals surface area (Å²) in [5.41, 5.74) is 0.965. The number of carbonyl (C=O) groups excluding carboxylic acids is 2. The van der Waals surface area contributed by atoms with Gasteiger partial charge in [-0.2, -0.15) is 0 Å². The predicted octanol–water partition coefficient (Wildman–Crippen LogP) is 4.20. The molecule has 3 heterocycles. The van der Waals surface area contributed by atoms with Gasteiger partial charge in [-0.25, -0.2) is 0 Å². The maximum Gasteiger partial charge on any atom is 0.242 e. The lowest BCUT2D eigenvalue weighted by Gasteiger charge is -2.29. The van der Waals surface area contributed by atoms with E-state index in [2.05, 4.69) is 6.92 Å². The maximum absolute atomic E-state index is 13.5. The second-order valence-corrected chi connectivity index (χ2v) is 9.56. The van der Waals surface area contributed by atoms with Crippen LogP contribution in [0.5, 0.6) is 11.5 Å². The lowest BCUT2D eigenvalue weighted by Crippen LogP contribution is -2.45. The van der Waals surface area contributed by atoms with Gasteiger partial charge in [0.2, 0.25) is 18.6 Å². The van der Waals surface area contributed by atoms with Crippen LogP contribution in [0.25, 0.3) is 0 Å². The van der Waals surface area contributed by atoms with Gasteiger partial charge >= 0.3 is 0 Å². The number of nitrogens with zero attached hydrogens (tertiary/aromatic N) is 2. The number of benzene rings is 1. The molecular formula is C25H32N2O5S. The fourth-order valence-corrected chi connectivity index (χ4v) is 4.84. The van der Waals surface area contributed by atoms with Crippen LogP contribution >= 0.6 is 11.3 Å². The van der Waals surface area contributed by atoms with Gasteiger partial charge in [-0.1, -0.05) is 25.5 Å². The highest BCUT2D eigenvalue weighted by Gasteiger charge is 2.26. The topological polar surface area (TPSA) is 68.3 Å². The molecule has 1 aromatic carbocycles. The van der Waals surface area contributed by atoms with Crippen molar-refractivity contribution >= 4 is 23.2 Å². The fourth-order valence-electron chi connectivity index (χ4n) is 4.12. The summed E-state index contributed by atoms with van der Waals surface area (Å²) in [4.78, 5) is 31.1. The summed E-state index contributed by atoms with van der Waals surface area (Å²) in [5, 5.41) is 2.01. The van der Waals surface area contributed by atoms with Crippen LogP contribution in [-0.2, 0) is 27.4 Å². The molecule has 178 valence electrons. The molecule has 4 rings (SSSR count). The third kappa shape index (κ3) is 6.48. The Morgan fingerprint density at radius 3 is 2.73 bits per heavy atom. The molecule has 7 nitrogen and oxygen atoms in total. The smallest absolute Gasteiger partial charge is 0.242 e. The number of ether oxygens (including phenoxy) is 3. The minimum atomic E-state index is -0.0658. The van der Waals surface area contributed by atoms with Crippen molar-refractivity contribution in [1.82, 2.24) is 9.80 Å². The molecular weight excluding hydrogens is 440 g/mol. The van der Waals surface area contributed by atoms with E-state index >= 15 is 0 Å². The summed E-state index contributed by atoms with van der Waals surface area (Å²) < 4.78 is 16.7. The van der Waals surface area contributed by atoms with Gasteiger partial charge in [0.25, 0.3) is 0 Å². The van der Waals surface area contributed by atoms with E-state index in [0.717, 1.165) is 48.5 Å². The van der Waals surface area contributed by atoms with Gasteiger partial charge in [0, 0.05) is 31.0 Å². The Hall–Kier alpha value is -2.58. The molecule has 0 N–H and O–H groups in total. The average Bonchev–Trinajstić information content (AvgIpc) is 3.59. The first-order chi connectivity index (χ1) is 16.1. The Morgan fingerprint density at radius 1 is 1.09 bits per heavy atom. The van der Waals surface area contributed by atoms with Crippen LogP contribution in [0.15, 0.2) is 35.7 Å². The molecule has 2 aromatic rings. The molecule has 0 aliphatic carbocycles. The highest BCUT2D eigenvalue weighted by Crippen LogP contribution is 2.33. The standard InChI is InChI=1S/C25H32N2O5S/c1-2-3-8-24(28)27(15-20-6-4-11-30-20)17-25(29)26(16-21-7-5-12-33-21)14-19-9-10-22-23(13-19)32-18-31-22/h5,7,9-10,12-13,20H,2-4,6,8,11,14-18H2,1H3. The van der Waals surface area contributed by atoms with Gasteiger partial charge in [0.15, 0.2) is 11.5 Å². The fraction of sp³-hybridized carbons (Fsp3) is 0.520. The van der Waals surface area contributed by atoms with Crippen molar-refractivity contribution in [2.24, 2.45) is 0 Å². The number of hydrogen-bond donors (Lipinski definition) is 0. The Morgan fingerprint density at radius 2 is 1.97 bits per heavy atom. The Labute approximate surface area is 199 Å². The highest BCUT2D eigenvalue weighted by atomic mass is 32.1. The lowest BCUT2D eigenvalue weighted by atomic mass is 10.1. The molecule has 0 bridgehead atoms. The molecule has 1 aromatic heterocycles. The molecule has 1 fully saturated rings. The number of unbranched alkanes of at least 4 members (excludes halogenated alkanes) is 1. The summed E-state index contributed by atoms with van der Waals surface area (Å²) in [6.45, 7) is 4.49. The zero-order valence-corrected chi connectivity index (χ0v) is 20.0. The quantitative estimate of drug-likeness (QED) is 0.490. The van der Waals surface area contributed by atoms with E-state index < -0.39 is 0 Å². The minimum absolute atomic E-state index is 0.0167. The van der Waals surface area contributed by atoms with E-state index in [9.17, 15) is 9.59 Å². The number of fused-ring (bicyclic) bond motifs is 1. The van der Waals surface area contributed by atoms with Crippen molar-refractivity contribution < 1.29 is 23.8 Å². The zero-order valence-electron chi connectivity index (χ0n) is 19.2. The number of amides is 2. The maximum atomic E-state index is 13.5. The van der Waals surface area contributed by atoms with Gasteiger partial charge in [-0.05, 0) is 48.4 Å². The molecule has 1 unspecified atom stereocenters. The van der Waals surface area contributed by atoms with Crippen LogP contribution in [0.3, 0.4) is 0 Å². The second kappa shape index (κ2) is 11.5. The summed E-state index contributed by atoms with van der Waals surface area (Å²) in [6.07, 6.45) is 4.19. The number of carbonyl (C=O) groups is 2. The molecule has 33 heavy (non-hydrogen) atoms. The van der Waals surface area contributed by atoms with Gasteiger partial charge in [-0.15, -0.1) is 11.3 Å². The van der Waals surface area contributed by atoms with Gasteiger partial charge in [0.05, 0.1) is 19.2 Å². The number of hydrogen-bond acceptors (Lipinski definition) is 6. The van der Waals surface area contributed by atoms with Crippen LogP contribution in [0.2, 0.25) is 0 Å². The van der Waals surface area contributed by atoms with E-state index in [4.69, 9.17) is 14.2 Å². The number of rotatable bonds is 11. The summed E-state index contributed by atoms with van der Waals surface area (Å²) in [7, 11) is 0. The molecule has 2 amide bonds. The van der Waals surface area contributed by atoms with E-state index in [1.807, 2.05) is 40.6 Å². The Balaban J connectivity index is 1.48.